The van der Waals surface area contributed by atoms with Crippen LogP contribution in [-0.2, 0) is 33.7 Å². The van der Waals surface area contributed by atoms with Crippen LogP contribution in [-0.4, -0.2) is 52.2 Å². The van der Waals surface area contributed by atoms with Crippen LogP contribution in [0.2, 0.25) is 0 Å². The summed E-state index contributed by atoms with van der Waals surface area (Å²) in [6, 6.07) is 0. The van der Waals surface area contributed by atoms with Crippen LogP contribution in [0.1, 0.15) is 53.3 Å². The Morgan fingerprint density at radius 3 is 2.77 bits per heavy atom. The van der Waals surface area contributed by atoms with Crippen LogP contribution in [0.3, 0.4) is 0 Å². The highest BCUT2D eigenvalue weighted by molar-refractivity contribution is 7.99. The van der Waals surface area contributed by atoms with Gasteiger partial charge in [-0.3, -0.25) is 4.79 Å². The Morgan fingerprint density at radius 2 is 2.13 bits per heavy atom. The monoisotopic (exact) mass is 452 g/mol. The Labute approximate surface area is 184 Å². The molecule has 0 radical (unpaired) electrons. The summed E-state index contributed by atoms with van der Waals surface area (Å²) in [6.07, 6.45) is 3.73. The molecule has 1 N–H and O–H groups in total. The molecule has 0 spiro atoms. The highest BCUT2D eigenvalue weighted by Crippen LogP contribution is 2.34. The quantitative estimate of drug-likeness (QED) is 0.460. The molecule has 3 rings (SSSR count). The number of anilines is 1. The molecule has 1 aliphatic rings. The van der Waals surface area contributed by atoms with Gasteiger partial charge in [-0.2, -0.15) is 0 Å². The predicted octanol–water partition coefficient (Wildman–Crippen LogP) is 3.47. The van der Waals surface area contributed by atoms with Crippen molar-refractivity contribution in [2.45, 2.75) is 64.3 Å². The molecule has 1 amide bonds. The van der Waals surface area contributed by atoms with Gasteiger partial charge >= 0.3 is 5.97 Å². The van der Waals surface area contributed by atoms with Gasteiger partial charge in [0.1, 0.15) is 10.8 Å². The molecular weight excluding hydrogens is 424 g/mol. The van der Waals surface area contributed by atoms with E-state index in [1.165, 1.54) is 30.2 Å². The van der Waals surface area contributed by atoms with Gasteiger partial charge in [0, 0.05) is 17.9 Å². The van der Waals surface area contributed by atoms with Gasteiger partial charge in [-0.25, -0.2) is 4.79 Å². The minimum Gasteiger partial charge on any atom is -0.465 e. The number of methoxy groups -OCH3 is 1. The molecule has 0 saturated carbocycles. The lowest BCUT2D eigenvalue weighted by molar-refractivity contribution is -0.113. The van der Waals surface area contributed by atoms with E-state index in [4.69, 9.17) is 9.47 Å². The summed E-state index contributed by atoms with van der Waals surface area (Å²) in [5, 5.41) is 12.7. The number of nitrogens with zero attached hydrogens (tertiary/aromatic N) is 3. The summed E-state index contributed by atoms with van der Waals surface area (Å²) < 4.78 is 12.7. The number of aromatic nitrogens is 3. The molecule has 1 saturated heterocycles. The largest absolute Gasteiger partial charge is 0.465 e. The van der Waals surface area contributed by atoms with Gasteiger partial charge in [-0.15, -0.1) is 21.5 Å². The number of hydrogen-bond donors (Lipinski definition) is 1. The van der Waals surface area contributed by atoms with Crippen LogP contribution in [0.4, 0.5) is 5.00 Å². The smallest absolute Gasteiger partial charge is 0.341 e. The van der Waals surface area contributed by atoms with E-state index in [0.29, 0.717) is 28.7 Å². The number of hydrogen-bond acceptors (Lipinski definition) is 8. The first-order valence-corrected chi connectivity index (χ1v) is 12.0. The van der Waals surface area contributed by atoms with E-state index in [9.17, 15) is 9.59 Å². The highest BCUT2D eigenvalue weighted by Gasteiger charge is 2.24. The minimum absolute atomic E-state index is 0.170. The van der Waals surface area contributed by atoms with Crippen molar-refractivity contribution in [1.82, 2.24) is 14.8 Å². The van der Waals surface area contributed by atoms with Crippen LogP contribution in [0.5, 0.6) is 0 Å². The van der Waals surface area contributed by atoms with Crippen LogP contribution < -0.4 is 5.32 Å². The first-order chi connectivity index (χ1) is 14.5. The maximum atomic E-state index is 12.6. The predicted molar refractivity (Wildman–Crippen MR) is 118 cm³/mol. The number of carbonyl (C=O) groups excluding carboxylic acids is 2. The second kappa shape index (κ2) is 10.4. The Morgan fingerprint density at radius 1 is 1.33 bits per heavy atom. The number of ether oxygens (including phenoxy) is 2. The standard InChI is InChI=1S/C20H28N4O4S2/c1-5-14-12(3)30-18(17(14)19(26)27-4)21-16(25)11-29-20-23-22-15(6-2)24(20)10-13-8-7-9-28-13/h13H,5-11H2,1-4H3,(H,21,25). The van der Waals surface area contributed by atoms with Gasteiger partial charge in [0.2, 0.25) is 5.91 Å². The number of nitrogens with one attached hydrogen (secondary N) is 1. The zero-order valence-electron chi connectivity index (χ0n) is 17.8. The molecule has 2 aromatic rings. The molecule has 1 fully saturated rings. The molecule has 10 heteroatoms. The molecule has 1 aliphatic heterocycles. The number of rotatable bonds is 9. The Hall–Kier alpha value is -1.91. The van der Waals surface area contributed by atoms with E-state index in [1.807, 2.05) is 20.8 Å². The molecule has 30 heavy (non-hydrogen) atoms. The first kappa shape index (κ1) is 22.8. The molecule has 1 atom stereocenters. The van der Waals surface area contributed by atoms with Crippen molar-refractivity contribution in [3.8, 4) is 0 Å². The molecule has 0 aliphatic carbocycles. The fourth-order valence-electron chi connectivity index (χ4n) is 3.57. The second-order valence-electron chi connectivity index (χ2n) is 7.02. The summed E-state index contributed by atoms with van der Waals surface area (Å²) in [5.74, 6) is 0.441. The average Bonchev–Trinajstić information content (AvgIpc) is 3.45. The average molecular weight is 453 g/mol. The van der Waals surface area contributed by atoms with E-state index in [1.54, 1.807) is 0 Å². The minimum atomic E-state index is -0.428. The molecule has 0 aromatic carbocycles. The van der Waals surface area contributed by atoms with Crippen molar-refractivity contribution in [3.63, 3.8) is 0 Å². The van der Waals surface area contributed by atoms with Crippen molar-refractivity contribution < 1.29 is 19.1 Å². The zero-order valence-corrected chi connectivity index (χ0v) is 19.5. The second-order valence-corrected chi connectivity index (χ2v) is 9.19. The van der Waals surface area contributed by atoms with E-state index in [0.717, 1.165) is 42.1 Å². The highest BCUT2D eigenvalue weighted by atomic mass is 32.2. The van der Waals surface area contributed by atoms with Crippen molar-refractivity contribution in [3.05, 3.63) is 21.8 Å². The van der Waals surface area contributed by atoms with E-state index >= 15 is 0 Å². The Bertz CT molecular complexity index is 903. The van der Waals surface area contributed by atoms with Crippen LogP contribution >= 0.6 is 23.1 Å². The fourth-order valence-corrected chi connectivity index (χ4v) is 5.48. The molecule has 0 bridgehead atoms. The van der Waals surface area contributed by atoms with Crippen molar-refractivity contribution in [1.29, 1.82) is 0 Å². The van der Waals surface area contributed by atoms with Gasteiger partial charge in [0.25, 0.3) is 0 Å². The molecular formula is C20H28N4O4S2. The lowest BCUT2D eigenvalue weighted by atomic mass is 10.1. The number of amides is 1. The van der Waals surface area contributed by atoms with Gasteiger partial charge < -0.3 is 19.4 Å². The normalized spacial score (nSPS) is 16.1. The van der Waals surface area contributed by atoms with E-state index in [-0.39, 0.29) is 17.8 Å². The summed E-state index contributed by atoms with van der Waals surface area (Å²) in [6.45, 7) is 7.46. The molecule has 3 heterocycles. The maximum Gasteiger partial charge on any atom is 0.341 e. The summed E-state index contributed by atoms with van der Waals surface area (Å²) in [4.78, 5) is 25.9. The van der Waals surface area contributed by atoms with Gasteiger partial charge in [-0.05, 0) is 31.7 Å². The molecule has 2 aromatic heterocycles. The zero-order chi connectivity index (χ0) is 21.7. The van der Waals surface area contributed by atoms with Crippen LogP contribution in [0, 0.1) is 6.92 Å². The van der Waals surface area contributed by atoms with Crippen LogP contribution in [0.25, 0.3) is 0 Å². The van der Waals surface area contributed by atoms with Crippen LogP contribution in [0.15, 0.2) is 5.16 Å². The molecule has 1 unspecified atom stereocenters. The number of esters is 1. The number of aryl methyl sites for hydroxylation is 2. The van der Waals surface area contributed by atoms with E-state index in [2.05, 4.69) is 20.1 Å². The number of carbonyl (C=O) groups is 2. The van der Waals surface area contributed by atoms with Gasteiger partial charge in [0.05, 0.1) is 31.1 Å². The van der Waals surface area contributed by atoms with Gasteiger partial charge in [0.15, 0.2) is 5.16 Å². The van der Waals surface area contributed by atoms with Gasteiger partial charge in [-0.1, -0.05) is 25.6 Å². The summed E-state index contributed by atoms with van der Waals surface area (Å²) >= 11 is 2.74. The number of thiophene rings is 1. The third kappa shape index (κ3) is 5.04. The molecule has 164 valence electrons. The van der Waals surface area contributed by atoms with Crippen molar-refractivity contribution in [2.24, 2.45) is 0 Å². The Balaban J connectivity index is 1.68. The Kier molecular flexibility index (Phi) is 7.90. The fraction of sp³-hybridized carbons (Fsp3) is 0.600. The van der Waals surface area contributed by atoms with Crippen molar-refractivity contribution in [2.75, 3.05) is 24.8 Å². The number of thioether (sulfide) groups is 1. The third-order valence-corrected chi connectivity index (χ3v) is 7.09. The summed E-state index contributed by atoms with van der Waals surface area (Å²) in [7, 11) is 1.35. The summed E-state index contributed by atoms with van der Waals surface area (Å²) in [5.41, 5.74) is 1.37. The first-order valence-electron chi connectivity index (χ1n) is 10.1. The lowest BCUT2D eigenvalue weighted by Gasteiger charge is -2.14. The topological polar surface area (TPSA) is 95.3 Å². The van der Waals surface area contributed by atoms with E-state index < -0.39 is 5.97 Å². The molecule has 8 nitrogen and oxygen atoms in total. The van der Waals surface area contributed by atoms with Crippen molar-refractivity contribution >= 4 is 40.0 Å². The lowest BCUT2D eigenvalue weighted by Crippen LogP contribution is -2.19. The SMILES string of the molecule is CCc1c(C)sc(NC(=O)CSc2nnc(CC)n2CC2CCCO2)c1C(=O)OC. The maximum absolute atomic E-state index is 12.6. The third-order valence-electron chi connectivity index (χ3n) is 5.06.